The molecular formula is C15H20O5. The number of esters is 1. The predicted molar refractivity (Wildman–Crippen MR) is 68.7 cm³/mol. The molecule has 4 rings (SSSR count). The fourth-order valence-corrected chi connectivity index (χ4v) is 4.89. The fourth-order valence-electron chi connectivity index (χ4n) is 4.89. The van der Waals surface area contributed by atoms with Gasteiger partial charge in [-0.2, -0.15) is 0 Å². The Bertz CT molecular complexity index is 526. The summed E-state index contributed by atoms with van der Waals surface area (Å²) in [5.74, 6) is -0.850. The van der Waals surface area contributed by atoms with Crippen molar-refractivity contribution in [1.29, 1.82) is 0 Å². The van der Waals surface area contributed by atoms with Crippen molar-refractivity contribution in [3.05, 3.63) is 12.2 Å². The number of aliphatic hydroxyl groups excluding tert-OH is 1. The lowest BCUT2D eigenvalue weighted by molar-refractivity contribution is -0.151. The van der Waals surface area contributed by atoms with E-state index in [1.165, 1.54) is 0 Å². The monoisotopic (exact) mass is 280 g/mol. The summed E-state index contributed by atoms with van der Waals surface area (Å²) in [6, 6.07) is 0. The largest absolute Gasteiger partial charge is 0.458 e. The van der Waals surface area contributed by atoms with Gasteiger partial charge in [0.25, 0.3) is 0 Å². The summed E-state index contributed by atoms with van der Waals surface area (Å²) in [6.45, 7) is 7.49. The highest BCUT2D eigenvalue weighted by Gasteiger charge is 2.81. The number of rotatable bonds is 0. The molecule has 0 bridgehead atoms. The number of aliphatic hydroxyl groups is 2. The quantitative estimate of drug-likeness (QED) is 0.384. The number of fused-ring (bicyclic) bond motifs is 2. The Morgan fingerprint density at radius 1 is 1.40 bits per heavy atom. The molecule has 2 saturated heterocycles. The molecule has 110 valence electrons. The molecule has 2 aliphatic heterocycles. The fraction of sp³-hybridized carbons (Fsp3) is 0.800. The smallest absolute Gasteiger partial charge is 0.334 e. The molecule has 2 heterocycles. The number of hydrogen-bond donors (Lipinski definition) is 2. The van der Waals surface area contributed by atoms with Gasteiger partial charge >= 0.3 is 5.97 Å². The lowest BCUT2D eigenvalue weighted by Crippen LogP contribution is -2.49. The molecule has 0 amide bonds. The minimum Gasteiger partial charge on any atom is -0.458 e. The second-order valence-corrected chi connectivity index (χ2v) is 7.19. The second-order valence-electron chi connectivity index (χ2n) is 7.19. The molecule has 1 spiro atoms. The van der Waals surface area contributed by atoms with Crippen molar-refractivity contribution in [2.45, 2.75) is 62.1 Å². The van der Waals surface area contributed by atoms with E-state index in [0.717, 1.165) is 12.8 Å². The van der Waals surface area contributed by atoms with Gasteiger partial charge in [-0.25, -0.2) is 4.79 Å². The SMILES string of the molecule is C=C1C(=O)OC2C1CCC1(C)OC13CC(O)C(C)(O)C23. The van der Waals surface area contributed by atoms with E-state index >= 15 is 0 Å². The Kier molecular flexibility index (Phi) is 2.10. The lowest BCUT2D eigenvalue weighted by atomic mass is 9.75. The van der Waals surface area contributed by atoms with E-state index in [4.69, 9.17) is 9.47 Å². The van der Waals surface area contributed by atoms with Gasteiger partial charge < -0.3 is 19.7 Å². The number of epoxide rings is 1. The normalized spacial score (nSPS) is 60.4. The Morgan fingerprint density at radius 3 is 2.80 bits per heavy atom. The molecule has 7 atom stereocenters. The third-order valence-electron chi connectivity index (χ3n) is 6.17. The maximum Gasteiger partial charge on any atom is 0.334 e. The van der Waals surface area contributed by atoms with Crippen LogP contribution in [0.1, 0.15) is 33.1 Å². The van der Waals surface area contributed by atoms with E-state index in [0.29, 0.717) is 12.0 Å². The minimum absolute atomic E-state index is 0.0747. The van der Waals surface area contributed by atoms with Gasteiger partial charge in [-0.05, 0) is 26.7 Å². The Hall–Kier alpha value is -0.910. The maximum absolute atomic E-state index is 11.8. The number of hydrogen-bond acceptors (Lipinski definition) is 5. The van der Waals surface area contributed by atoms with Gasteiger partial charge in [0.1, 0.15) is 11.7 Å². The van der Waals surface area contributed by atoms with Gasteiger partial charge in [0.2, 0.25) is 0 Å². The lowest BCUT2D eigenvalue weighted by Gasteiger charge is -2.34. The van der Waals surface area contributed by atoms with Gasteiger partial charge in [-0.3, -0.25) is 0 Å². The number of ether oxygens (including phenoxy) is 2. The zero-order valence-electron chi connectivity index (χ0n) is 11.8. The van der Waals surface area contributed by atoms with Crippen LogP contribution in [0.5, 0.6) is 0 Å². The molecule has 2 saturated carbocycles. The predicted octanol–water partition coefficient (Wildman–Crippen LogP) is 0.537. The van der Waals surface area contributed by atoms with Crippen LogP contribution in [0.4, 0.5) is 0 Å². The minimum atomic E-state index is -1.31. The molecule has 0 aromatic heterocycles. The van der Waals surface area contributed by atoms with E-state index < -0.39 is 29.3 Å². The van der Waals surface area contributed by atoms with Gasteiger partial charge in [-0.15, -0.1) is 0 Å². The van der Waals surface area contributed by atoms with Crippen LogP contribution in [-0.2, 0) is 14.3 Å². The van der Waals surface area contributed by atoms with Crippen LogP contribution in [0.25, 0.3) is 0 Å². The average Bonchev–Trinajstić information content (AvgIpc) is 2.75. The molecule has 2 N–H and O–H groups in total. The standard InChI is InChI=1S/C15H20O5/c1-7-8-4-5-13(2)15(20-13)6-9(16)14(3,18)11(15)10(8)19-12(7)17/h8-11,16,18H,1,4-6H2,2-3H3. The second kappa shape index (κ2) is 3.29. The van der Waals surface area contributed by atoms with Crippen LogP contribution in [0.2, 0.25) is 0 Å². The van der Waals surface area contributed by atoms with Gasteiger partial charge in [0.05, 0.1) is 23.2 Å². The van der Waals surface area contributed by atoms with Crippen molar-refractivity contribution < 1.29 is 24.5 Å². The van der Waals surface area contributed by atoms with E-state index in [1.807, 2.05) is 6.92 Å². The first-order chi connectivity index (χ1) is 9.23. The van der Waals surface area contributed by atoms with Crippen molar-refractivity contribution in [3.63, 3.8) is 0 Å². The molecule has 4 aliphatic rings. The zero-order valence-corrected chi connectivity index (χ0v) is 11.8. The summed E-state index contributed by atoms with van der Waals surface area (Å²) < 4.78 is 11.5. The summed E-state index contributed by atoms with van der Waals surface area (Å²) in [5, 5.41) is 21.0. The van der Waals surface area contributed by atoms with E-state index in [-0.39, 0.29) is 17.5 Å². The van der Waals surface area contributed by atoms with Crippen LogP contribution in [0.3, 0.4) is 0 Å². The van der Waals surface area contributed by atoms with E-state index in [2.05, 4.69) is 6.58 Å². The highest BCUT2D eigenvalue weighted by atomic mass is 16.6. The summed E-state index contributed by atoms with van der Waals surface area (Å²) in [5.41, 5.74) is -1.72. The van der Waals surface area contributed by atoms with Gasteiger partial charge in [0.15, 0.2) is 0 Å². The highest BCUT2D eigenvalue weighted by Crippen LogP contribution is 2.69. The first-order valence-electron chi connectivity index (χ1n) is 7.23. The van der Waals surface area contributed by atoms with Crippen LogP contribution in [0, 0.1) is 11.8 Å². The highest BCUT2D eigenvalue weighted by molar-refractivity contribution is 5.91. The molecule has 5 heteroatoms. The van der Waals surface area contributed by atoms with Crippen molar-refractivity contribution >= 4 is 5.97 Å². The zero-order chi connectivity index (χ0) is 14.5. The van der Waals surface area contributed by atoms with Crippen LogP contribution < -0.4 is 0 Å². The molecule has 4 fully saturated rings. The first-order valence-corrected chi connectivity index (χ1v) is 7.23. The Balaban J connectivity index is 1.83. The third-order valence-corrected chi connectivity index (χ3v) is 6.17. The molecule has 0 aromatic carbocycles. The van der Waals surface area contributed by atoms with Crippen molar-refractivity contribution in [3.8, 4) is 0 Å². The van der Waals surface area contributed by atoms with Crippen molar-refractivity contribution in [1.82, 2.24) is 0 Å². The molecule has 7 unspecified atom stereocenters. The first kappa shape index (κ1) is 12.8. The van der Waals surface area contributed by atoms with Gasteiger partial charge in [0, 0.05) is 17.9 Å². The number of carbonyl (C=O) groups is 1. The summed E-state index contributed by atoms with van der Waals surface area (Å²) in [4.78, 5) is 11.8. The summed E-state index contributed by atoms with van der Waals surface area (Å²) in [6.07, 6.45) is 0.667. The summed E-state index contributed by atoms with van der Waals surface area (Å²) >= 11 is 0. The Labute approximate surface area is 117 Å². The molecule has 5 nitrogen and oxygen atoms in total. The average molecular weight is 280 g/mol. The van der Waals surface area contributed by atoms with Crippen LogP contribution in [0.15, 0.2) is 12.2 Å². The van der Waals surface area contributed by atoms with Crippen molar-refractivity contribution in [2.24, 2.45) is 11.8 Å². The molecule has 2 aliphatic carbocycles. The van der Waals surface area contributed by atoms with Crippen molar-refractivity contribution in [2.75, 3.05) is 0 Å². The molecule has 0 aromatic rings. The Morgan fingerprint density at radius 2 is 2.10 bits per heavy atom. The van der Waals surface area contributed by atoms with E-state index in [1.54, 1.807) is 6.92 Å². The van der Waals surface area contributed by atoms with Crippen LogP contribution >= 0.6 is 0 Å². The molecule has 0 radical (unpaired) electrons. The number of carbonyl (C=O) groups excluding carboxylic acids is 1. The van der Waals surface area contributed by atoms with Crippen LogP contribution in [-0.4, -0.2) is 45.2 Å². The van der Waals surface area contributed by atoms with Gasteiger partial charge in [-0.1, -0.05) is 6.58 Å². The maximum atomic E-state index is 11.8. The molecule has 20 heavy (non-hydrogen) atoms. The molecular weight excluding hydrogens is 260 g/mol. The topological polar surface area (TPSA) is 79.3 Å². The van der Waals surface area contributed by atoms with E-state index in [9.17, 15) is 15.0 Å². The third kappa shape index (κ3) is 1.19. The summed E-state index contributed by atoms with van der Waals surface area (Å²) in [7, 11) is 0.